The minimum Gasteiger partial charge on any atom is -0.376 e. The topological polar surface area (TPSA) is 49.4 Å². The summed E-state index contributed by atoms with van der Waals surface area (Å²) < 4.78 is 1.06. The smallest absolute Gasteiger partial charge is 0.283 e. The molecule has 1 aliphatic heterocycles. The maximum atomic E-state index is 12.7. The summed E-state index contributed by atoms with van der Waals surface area (Å²) >= 11 is 8.38. The number of imide groups is 1. The van der Waals surface area contributed by atoms with Gasteiger partial charge in [-0.1, -0.05) is 30.9 Å². The Balaban J connectivity index is 1.86. The second-order valence-corrected chi connectivity index (χ2v) is 7.67. The second kappa shape index (κ2) is 6.81. The highest BCUT2D eigenvalue weighted by Gasteiger charge is 2.40. The van der Waals surface area contributed by atoms with E-state index in [2.05, 4.69) is 27.9 Å². The van der Waals surface area contributed by atoms with Crippen LogP contribution in [0, 0.1) is 10.5 Å². The number of nitrogens with zero attached hydrogens (tertiary/aromatic N) is 1. The van der Waals surface area contributed by atoms with E-state index in [1.54, 1.807) is 6.07 Å². The van der Waals surface area contributed by atoms with Crippen LogP contribution in [-0.4, -0.2) is 17.9 Å². The first kappa shape index (κ1) is 16.8. The summed E-state index contributed by atoms with van der Waals surface area (Å²) in [5.74, 6) is -0.797. The Morgan fingerprint density at radius 2 is 1.87 bits per heavy atom. The molecule has 0 bridgehead atoms. The Morgan fingerprint density at radius 3 is 2.52 bits per heavy atom. The summed E-state index contributed by atoms with van der Waals surface area (Å²) in [6.45, 7) is 1.89. The zero-order chi connectivity index (χ0) is 16.6. The van der Waals surface area contributed by atoms with E-state index < -0.39 is 5.91 Å². The molecule has 0 radical (unpaired) electrons. The monoisotopic (exact) mass is 444 g/mol. The van der Waals surface area contributed by atoms with E-state index in [0.717, 1.165) is 34.8 Å². The number of rotatable bonds is 3. The Bertz CT molecular complexity index is 696. The van der Waals surface area contributed by atoms with Crippen molar-refractivity contribution in [2.75, 3.05) is 4.90 Å². The maximum absolute atomic E-state index is 12.7. The molecule has 2 amide bonds. The molecule has 0 spiro atoms. The lowest BCUT2D eigenvalue weighted by atomic mass is 9.95. The summed E-state index contributed by atoms with van der Waals surface area (Å²) in [7, 11) is 0. The van der Waals surface area contributed by atoms with Gasteiger partial charge in [0.2, 0.25) is 0 Å². The molecule has 1 heterocycles. The van der Waals surface area contributed by atoms with Crippen molar-refractivity contribution >= 4 is 51.7 Å². The quantitative estimate of drug-likeness (QED) is 0.569. The lowest BCUT2D eigenvalue weighted by Crippen LogP contribution is -2.37. The van der Waals surface area contributed by atoms with Crippen LogP contribution in [0.1, 0.15) is 37.7 Å². The first-order valence-corrected chi connectivity index (χ1v) is 9.26. The van der Waals surface area contributed by atoms with Crippen molar-refractivity contribution in [1.29, 1.82) is 0 Å². The summed E-state index contributed by atoms with van der Waals surface area (Å²) in [6.07, 6.45) is 5.54. The molecule has 2 aliphatic rings. The lowest BCUT2D eigenvalue weighted by Gasteiger charge is -2.24. The number of hydrogen-bond donors (Lipinski definition) is 1. The molecule has 6 heteroatoms. The molecule has 122 valence electrons. The fourth-order valence-corrected chi connectivity index (χ4v) is 4.03. The number of nitrogens with one attached hydrogen (secondary N) is 1. The molecule has 1 aliphatic carbocycles. The van der Waals surface area contributed by atoms with Gasteiger partial charge in [-0.25, -0.2) is 4.90 Å². The highest BCUT2D eigenvalue weighted by molar-refractivity contribution is 14.1. The summed E-state index contributed by atoms with van der Waals surface area (Å²) in [6, 6.07) is 5.84. The van der Waals surface area contributed by atoms with Crippen molar-refractivity contribution in [2.45, 2.75) is 45.1 Å². The molecule has 0 atom stereocenters. The van der Waals surface area contributed by atoms with Gasteiger partial charge in [0, 0.05) is 9.61 Å². The van der Waals surface area contributed by atoms with Gasteiger partial charge in [0.1, 0.15) is 10.7 Å². The Hall–Kier alpha value is -1.08. The van der Waals surface area contributed by atoms with E-state index in [-0.39, 0.29) is 22.7 Å². The first-order chi connectivity index (χ1) is 11.0. The van der Waals surface area contributed by atoms with Crippen LogP contribution in [0.25, 0.3) is 0 Å². The lowest BCUT2D eigenvalue weighted by molar-refractivity contribution is -0.120. The molecule has 1 fully saturated rings. The zero-order valence-electron chi connectivity index (χ0n) is 12.9. The number of carbonyl (C=O) groups excluding carboxylic acids is 2. The molecular formula is C17H18ClIN2O2. The predicted octanol–water partition coefficient (Wildman–Crippen LogP) is 3.85. The zero-order valence-corrected chi connectivity index (χ0v) is 15.8. The van der Waals surface area contributed by atoms with Gasteiger partial charge in [0.25, 0.3) is 11.8 Å². The largest absolute Gasteiger partial charge is 0.376 e. The van der Waals surface area contributed by atoms with Crippen molar-refractivity contribution < 1.29 is 9.59 Å². The first-order valence-electron chi connectivity index (χ1n) is 7.80. The van der Waals surface area contributed by atoms with E-state index in [4.69, 9.17) is 11.6 Å². The molecule has 1 saturated carbocycles. The van der Waals surface area contributed by atoms with Gasteiger partial charge in [0.15, 0.2) is 0 Å². The van der Waals surface area contributed by atoms with Gasteiger partial charge in [-0.2, -0.15) is 0 Å². The highest BCUT2D eigenvalue weighted by atomic mass is 127. The fourth-order valence-electron chi connectivity index (χ4n) is 3.17. The normalized spacial score (nSPS) is 19.7. The number of aryl methyl sites for hydroxylation is 1. The third-order valence-corrected chi connectivity index (χ3v) is 5.40. The highest BCUT2D eigenvalue weighted by Crippen LogP contribution is 2.32. The molecule has 3 rings (SSSR count). The minimum atomic E-state index is -0.445. The van der Waals surface area contributed by atoms with Crippen LogP contribution in [-0.2, 0) is 9.59 Å². The Morgan fingerprint density at radius 1 is 1.17 bits per heavy atom. The van der Waals surface area contributed by atoms with Gasteiger partial charge in [0.05, 0.1) is 5.69 Å². The van der Waals surface area contributed by atoms with Gasteiger partial charge in [-0.15, -0.1) is 0 Å². The third-order valence-electron chi connectivity index (χ3n) is 4.38. The van der Waals surface area contributed by atoms with Crippen LogP contribution in [0.15, 0.2) is 28.9 Å². The minimum absolute atomic E-state index is 0.00137. The summed E-state index contributed by atoms with van der Waals surface area (Å²) in [4.78, 5) is 26.4. The molecule has 4 nitrogen and oxygen atoms in total. The van der Waals surface area contributed by atoms with E-state index in [0.29, 0.717) is 5.69 Å². The van der Waals surface area contributed by atoms with Crippen molar-refractivity contribution in [3.8, 4) is 0 Å². The van der Waals surface area contributed by atoms with E-state index in [1.165, 1.54) is 11.3 Å². The van der Waals surface area contributed by atoms with Crippen molar-refractivity contribution in [3.63, 3.8) is 0 Å². The molecule has 1 aromatic rings. The number of halogens is 2. The predicted molar refractivity (Wildman–Crippen MR) is 99.3 cm³/mol. The van der Waals surface area contributed by atoms with Crippen molar-refractivity contribution in [1.82, 2.24) is 5.32 Å². The number of anilines is 1. The van der Waals surface area contributed by atoms with E-state index >= 15 is 0 Å². The van der Waals surface area contributed by atoms with E-state index in [1.807, 2.05) is 19.1 Å². The molecular weight excluding hydrogens is 427 g/mol. The molecule has 0 aromatic heterocycles. The van der Waals surface area contributed by atoms with Crippen LogP contribution in [0.5, 0.6) is 0 Å². The molecule has 1 aromatic carbocycles. The standard InChI is InChI=1S/C17H18ClIN2O2/c1-10-9-11(19)7-8-13(10)21-16(22)14(18)15(17(21)23)20-12-5-3-2-4-6-12/h7-9,12,20H,2-6H2,1H3. The number of benzene rings is 1. The summed E-state index contributed by atoms with van der Waals surface area (Å²) in [5.41, 5.74) is 1.72. The third kappa shape index (κ3) is 3.26. The average molecular weight is 445 g/mol. The van der Waals surface area contributed by atoms with Gasteiger partial charge >= 0.3 is 0 Å². The van der Waals surface area contributed by atoms with Crippen molar-refractivity contribution in [3.05, 3.63) is 38.1 Å². The van der Waals surface area contributed by atoms with Gasteiger partial charge < -0.3 is 5.32 Å². The average Bonchev–Trinajstić information content (AvgIpc) is 2.73. The number of amides is 2. The molecule has 23 heavy (non-hydrogen) atoms. The SMILES string of the molecule is Cc1cc(I)ccc1N1C(=O)C(Cl)=C(NC2CCCCC2)C1=O. The van der Waals surface area contributed by atoms with E-state index in [9.17, 15) is 9.59 Å². The Kier molecular flexibility index (Phi) is 4.96. The van der Waals surface area contributed by atoms with Crippen LogP contribution < -0.4 is 10.2 Å². The van der Waals surface area contributed by atoms with Crippen LogP contribution in [0.3, 0.4) is 0 Å². The number of hydrogen-bond acceptors (Lipinski definition) is 3. The van der Waals surface area contributed by atoms with Gasteiger partial charge in [-0.05, 0) is 66.1 Å². The van der Waals surface area contributed by atoms with Crippen LogP contribution in [0.2, 0.25) is 0 Å². The van der Waals surface area contributed by atoms with Crippen LogP contribution in [0.4, 0.5) is 5.69 Å². The summed E-state index contributed by atoms with van der Waals surface area (Å²) in [5, 5.41) is 3.21. The van der Waals surface area contributed by atoms with Gasteiger partial charge in [-0.3, -0.25) is 9.59 Å². The molecule has 0 unspecified atom stereocenters. The second-order valence-electron chi connectivity index (χ2n) is 6.04. The Labute approximate surface area is 154 Å². The molecule has 0 saturated heterocycles. The van der Waals surface area contributed by atoms with Crippen molar-refractivity contribution in [2.24, 2.45) is 0 Å². The molecule has 1 N–H and O–H groups in total. The van der Waals surface area contributed by atoms with Crippen LogP contribution >= 0.6 is 34.2 Å². The maximum Gasteiger partial charge on any atom is 0.283 e. The number of carbonyl (C=O) groups is 2. The fraction of sp³-hybridized carbons (Fsp3) is 0.412.